The van der Waals surface area contributed by atoms with E-state index in [1.54, 1.807) is 0 Å². The molecule has 1 heterocycles. The van der Waals surface area contributed by atoms with Crippen molar-refractivity contribution >= 4 is 0 Å². The van der Waals surface area contributed by atoms with Gasteiger partial charge in [-0.3, -0.25) is 4.74 Å². The van der Waals surface area contributed by atoms with Crippen LogP contribution in [0, 0.1) is 0 Å². The maximum absolute atomic E-state index is 8.35. The van der Waals surface area contributed by atoms with Crippen LogP contribution in [0.3, 0.4) is 0 Å². The standard InChI is InChI=1S/C2H6N2O3/c5-2(6)4-3-1-7-2/h3-6H,1H2. The Hall–Kier alpha value is -0.200. The lowest BCUT2D eigenvalue weighted by Gasteiger charge is -2.09. The summed E-state index contributed by atoms with van der Waals surface area (Å²) < 4.78 is 4.23. The van der Waals surface area contributed by atoms with Crippen LogP contribution in [0.2, 0.25) is 0 Å². The molecule has 1 rings (SSSR count). The molecule has 1 saturated heterocycles. The van der Waals surface area contributed by atoms with Crippen molar-refractivity contribution in [3.8, 4) is 0 Å². The molecule has 7 heavy (non-hydrogen) atoms. The Kier molecular flexibility index (Phi) is 0.983. The van der Waals surface area contributed by atoms with Gasteiger partial charge in [-0.2, -0.15) is 5.43 Å². The lowest BCUT2D eigenvalue weighted by molar-refractivity contribution is -0.327. The first-order chi connectivity index (χ1) is 3.21. The van der Waals surface area contributed by atoms with E-state index >= 15 is 0 Å². The molecule has 0 bridgehead atoms. The van der Waals surface area contributed by atoms with E-state index in [9.17, 15) is 0 Å². The summed E-state index contributed by atoms with van der Waals surface area (Å²) in [5.41, 5.74) is 4.38. The first-order valence-corrected chi connectivity index (χ1v) is 1.79. The van der Waals surface area contributed by atoms with Crippen LogP contribution in [0.15, 0.2) is 0 Å². The Morgan fingerprint density at radius 1 is 1.57 bits per heavy atom. The predicted octanol–water partition coefficient (Wildman–Crippen LogP) is -2.34. The minimum Gasteiger partial charge on any atom is -0.329 e. The third-order valence-electron chi connectivity index (χ3n) is 0.597. The summed E-state index contributed by atoms with van der Waals surface area (Å²) in [7, 11) is 0. The predicted molar refractivity (Wildman–Crippen MR) is 19.4 cm³/mol. The molecular weight excluding hydrogens is 100 g/mol. The largest absolute Gasteiger partial charge is 0.360 e. The van der Waals surface area contributed by atoms with Crippen molar-refractivity contribution in [1.29, 1.82) is 0 Å². The van der Waals surface area contributed by atoms with Crippen molar-refractivity contribution < 1.29 is 14.9 Å². The second-order valence-electron chi connectivity index (χ2n) is 1.20. The van der Waals surface area contributed by atoms with Gasteiger partial charge in [-0.25, -0.2) is 5.43 Å². The molecule has 4 N–H and O–H groups in total. The van der Waals surface area contributed by atoms with Gasteiger partial charge in [0.05, 0.1) is 0 Å². The van der Waals surface area contributed by atoms with Crippen molar-refractivity contribution in [1.82, 2.24) is 10.9 Å². The van der Waals surface area contributed by atoms with Gasteiger partial charge in [0.2, 0.25) is 0 Å². The van der Waals surface area contributed by atoms with Crippen LogP contribution in [0.5, 0.6) is 0 Å². The van der Waals surface area contributed by atoms with Gasteiger partial charge in [-0.15, -0.1) is 0 Å². The van der Waals surface area contributed by atoms with Gasteiger partial charge in [-0.1, -0.05) is 0 Å². The van der Waals surface area contributed by atoms with E-state index in [1.165, 1.54) is 0 Å². The zero-order valence-corrected chi connectivity index (χ0v) is 3.51. The molecule has 0 amide bonds. The number of aliphatic hydroxyl groups is 2. The molecule has 1 fully saturated rings. The van der Waals surface area contributed by atoms with Crippen molar-refractivity contribution in [2.45, 2.75) is 6.10 Å². The first kappa shape index (κ1) is 4.95. The van der Waals surface area contributed by atoms with E-state index in [-0.39, 0.29) is 6.73 Å². The highest BCUT2D eigenvalue weighted by Gasteiger charge is 2.27. The molecule has 5 heteroatoms. The lowest BCUT2D eigenvalue weighted by atomic mass is 11.0. The third kappa shape index (κ3) is 1.08. The fourth-order valence-electron chi connectivity index (χ4n) is 0.324. The summed E-state index contributed by atoms with van der Waals surface area (Å²) >= 11 is 0. The molecule has 0 spiro atoms. The number of hydrazine groups is 1. The van der Waals surface area contributed by atoms with Crippen LogP contribution in [0.1, 0.15) is 0 Å². The SMILES string of the molecule is OC1(O)NNCO1. The van der Waals surface area contributed by atoms with Crippen LogP contribution >= 0.6 is 0 Å². The number of rotatable bonds is 0. The second kappa shape index (κ2) is 1.39. The van der Waals surface area contributed by atoms with Crippen LogP contribution in [0.4, 0.5) is 0 Å². The summed E-state index contributed by atoms with van der Waals surface area (Å²) in [6.45, 7) is 0.104. The highest BCUT2D eigenvalue weighted by molar-refractivity contribution is 4.46. The maximum atomic E-state index is 8.35. The van der Waals surface area contributed by atoms with Crippen molar-refractivity contribution in [3.05, 3.63) is 0 Å². The summed E-state index contributed by atoms with van der Waals surface area (Å²) in [6.07, 6.45) is -2.17. The van der Waals surface area contributed by atoms with Gasteiger partial charge in [0, 0.05) is 0 Å². The summed E-state index contributed by atoms with van der Waals surface area (Å²) in [5, 5.41) is 16.7. The summed E-state index contributed by atoms with van der Waals surface area (Å²) in [5.74, 6) is 0. The molecule has 0 aromatic carbocycles. The van der Waals surface area contributed by atoms with Gasteiger partial charge in [0.15, 0.2) is 0 Å². The van der Waals surface area contributed by atoms with E-state index in [2.05, 4.69) is 10.2 Å². The highest BCUT2D eigenvalue weighted by atomic mass is 16.8. The van der Waals surface area contributed by atoms with E-state index in [0.29, 0.717) is 0 Å². The van der Waals surface area contributed by atoms with Crippen LogP contribution in [-0.4, -0.2) is 23.0 Å². The van der Waals surface area contributed by atoms with Crippen LogP contribution in [0.25, 0.3) is 0 Å². The van der Waals surface area contributed by atoms with Gasteiger partial charge in [0.1, 0.15) is 6.73 Å². The Bertz CT molecular complexity index is 65.3. The minimum atomic E-state index is -2.17. The van der Waals surface area contributed by atoms with Crippen LogP contribution in [-0.2, 0) is 4.74 Å². The molecule has 1 aliphatic heterocycles. The topological polar surface area (TPSA) is 73.8 Å². The monoisotopic (exact) mass is 106 g/mol. The Labute approximate surface area is 39.9 Å². The van der Waals surface area contributed by atoms with E-state index in [4.69, 9.17) is 10.2 Å². The van der Waals surface area contributed by atoms with Gasteiger partial charge >= 0.3 is 6.10 Å². The molecule has 0 unspecified atom stereocenters. The zero-order chi connectivity index (χ0) is 5.33. The average Bonchev–Trinajstić information content (AvgIpc) is 1.84. The van der Waals surface area contributed by atoms with E-state index < -0.39 is 6.10 Å². The fourth-order valence-corrected chi connectivity index (χ4v) is 0.324. The summed E-state index contributed by atoms with van der Waals surface area (Å²) in [4.78, 5) is 0. The molecule has 0 atom stereocenters. The summed E-state index contributed by atoms with van der Waals surface area (Å²) in [6, 6.07) is 0. The Morgan fingerprint density at radius 2 is 2.29 bits per heavy atom. The first-order valence-electron chi connectivity index (χ1n) is 1.79. The molecule has 0 radical (unpaired) electrons. The number of ether oxygens (including phenoxy) is 1. The van der Waals surface area contributed by atoms with E-state index in [1.807, 2.05) is 5.43 Å². The fraction of sp³-hybridized carbons (Fsp3) is 1.00. The molecule has 0 aromatic rings. The normalized spacial score (nSPS) is 28.3. The Morgan fingerprint density at radius 3 is 2.43 bits per heavy atom. The van der Waals surface area contributed by atoms with E-state index in [0.717, 1.165) is 0 Å². The van der Waals surface area contributed by atoms with Crippen molar-refractivity contribution in [2.75, 3.05) is 6.73 Å². The lowest BCUT2D eigenvalue weighted by Crippen LogP contribution is -2.44. The molecular formula is C2H6N2O3. The van der Waals surface area contributed by atoms with Crippen molar-refractivity contribution in [3.63, 3.8) is 0 Å². The average molecular weight is 106 g/mol. The van der Waals surface area contributed by atoms with Crippen molar-refractivity contribution in [2.24, 2.45) is 0 Å². The van der Waals surface area contributed by atoms with Crippen LogP contribution < -0.4 is 10.9 Å². The van der Waals surface area contributed by atoms with Gasteiger partial charge in [0.25, 0.3) is 0 Å². The highest BCUT2D eigenvalue weighted by Crippen LogP contribution is 1.96. The minimum absolute atomic E-state index is 0.104. The molecule has 0 aliphatic carbocycles. The quantitative estimate of drug-likeness (QED) is 0.260. The molecule has 5 nitrogen and oxygen atoms in total. The smallest absolute Gasteiger partial charge is 0.329 e. The van der Waals surface area contributed by atoms with Gasteiger partial charge in [-0.05, 0) is 0 Å². The number of hydrogen-bond acceptors (Lipinski definition) is 5. The zero-order valence-electron chi connectivity index (χ0n) is 3.51. The third-order valence-corrected chi connectivity index (χ3v) is 0.597. The molecule has 0 saturated carbocycles. The second-order valence-corrected chi connectivity index (χ2v) is 1.20. The molecule has 1 aliphatic rings. The maximum Gasteiger partial charge on any atom is 0.360 e. The number of nitrogens with one attached hydrogen (secondary N) is 2. The Balaban J connectivity index is 2.40. The molecule has 0 aromatic heterocycles. The van der Waals surface area contributed by atoms with Gasteiger partial charge < -0.3 is 10.2 Å². The molecule has 42 valence electrons. The number of hydrogen-bond donors (Lipinski definition) is 4.